The molecule has 0 aromatic heterocycles. The molecule has 0 unspecified atom stereocenters. The number of nitrogens with one attached hydrogen (secondary N) is 1. The van der Waals surface area contributed by atoms with Crippen LogP contribution in [0.4, 0.5) is 5.69 Å². The molecule has 0 atom stereocenters. The molecule has 0 radical (unpaired) electrons. The average molecular weight is 284 g/mol. The quantitative estimate of drug-likeness (QED) is 0.359. The summed E-state index contributed by atoms with van der Waals surface area (Å²) in [5.74, 6) is -0.365. The van der Waals surface area contributed by atoms with Gasteiger partial charge in [0, 0.05) is 0 Å². The molecule has 0 fully saturated rings. The number of carbonyl (C=O) groups is 1. The van der Waals surface area contributed by atoms with E-state index in [-0.39, 0.29) is 11.7 Å². The Hall–Kier alpha value is -2.86. The van der Waals surface area contributed by atoms with E-state index >= 15 is 0 Å². The number of anilines is 1. The van der Waals surface area contributed by atoms with Crippen molar-refractivity contribution in [2.75, 3.05) is 12.0 Å². The standard InChI is InChI=1S/C15H16N4O2/c1-2-3-4-9-21-15(20)12-5-7-13(8-6-12)18-19-14(10-16)11-17/h5-8,18H,2-4,9H2,1H3. The number of hydrogen-bond acceptors (Lipinski definition) is 6. The molecule has 1 rings (SSSR count). The van der Waals surface area contributed by atoms with Gasteiger partial charge < -0.3 is 4.74 Å². The number of esters is 1. The second-order valence-electron chi connectivity index (χ2n) is 4.22. The second kappa shape index (κ2) is 9.11. The molecule has 0 aliphatic heterocycles. The summed E-state index contributed by atoms with van der Waals surface area (Å²) in [7, 11) is 0. The molecule has 0 amide bonds. The van der Waals surface area contributed by atoms with E-state index in [2.05, 4.69) is 17.5 Å². The first-order valence-corrected chi connectivity index (χ1v) is 6.62. The van der Waals surface area contributed by atoms with Gasteiger partial charge in [0.15, 0.2) is 0 Å². The molecule has 21 heavy (non-hydrogen) atoms. The van der Waals surface area contributed by atoms with Crippen LogP contribution in [-0.4, -0.2) is 18.3 Å². The van der Waals surface area contributed by atoms with Crippen LogP contribution in [0.3, 0.4) is 0 Å². The lowest BCUT2D eigenvalue weighted by Crippen LogP contribution is -2.06. The molecule has 0 bridgehead atoms. The third-order valence-corrected chi connectivity index (χ3v) is 2.61. The molecule has 0 aliphatic carbocycles. The number of hydrogen-bond donors (Lipinski definition) is 1. The van der Waals surface area contributed by atoms with Crippen LogP contribution in [-0.2, 0) is 4.74 Å². The fourth-order valence-electron chi connectivity index (χ4n) is 1.48. The molecular formula is C15H16N4O2. The summed E-state index contributed by atoms with van der Waals surface area (Å²) < 4.78 is 5.13. The normalized spacial score (nSPS) is 9.10. The number of nitriles is 2. The van der Waals surface area contributed by atoms with Gasteiger partial charge in [0.2, 0.25) is 5.71 Å². The maximum absolute atomic E-state index is 11.7. The van der Waals surface area contributed by atoms with Crippen molar-refractivity contribution in [1.82, 2.24) is 0 Å². The van der Waals surface area contributed by atoms with Crippen LogP contribution < -0.4 is 5.43 Å². The van der Waals surface area contributed by atoms with Crippen LogP contribution in [0.1, 0.15) is 36.5 Å². The van der Waals surface area contributed by atoms with E-state index in [1.165, 1.54) is 0 Å². The van der Waals surface area contributed by atoms with Crippen molar-refractivity contribution in [3.8, 4) is 12.1 Å². The van der Waals surface area contributed by atoms with Gasteiger partial charge in [-0.1, -0.05) is 19.8 Å². The molecular weight excluding hydrogens is 268 g/mol. The summed E-state index contributed by atoms with van der Waals surface area (Å²) in [6.07, 6.45) is 2.97. The van der Waals surface area contributed by atoms with Crippen molar-refractivity contribution < 1.29 is 9.53 Å². The number of unbranched alkanes of at least 4 members (excludes halogenated alkanes) is 2. The van der Waals surface area contributed by atoms with Gasteiger partial charge in [0.1, 0.15) is 12.1 Å². The number of benzene rings is 1. The second-order valence-corrected chi connectivity index (χ2v) is 4.22. The van der Waals surface area contributed by atoms with Gasteiger partial charge in [0.05, 0.1) is 17.9 Å². The Morgan fingerprint density at radius 2 is 1.90 bits per heavy atom. The maximum Gasteiger partial charge on any atom is 0.338 e. The van der Waals surface area contributed by atoms with E-state index in [9.17, 15) is 4.79 Å². The van der Waals surface area contributed by atoms with E-state index in [1.54, 1.807) is 36.4 Å². The van der Waals surface area contributed by atoms with E-state index in [1.807, 2.05) is 0 Å². The largest absolute Gasteiger partial charge is 0.462 e. The van der Waals surface area contributed by atoms with Crippen molar-refractivity contribution in [2.24, 2.45) is 5.10 Å². The lowest BCUT2D eigenvalue weighted by atomic mass is 10.2. The third-order valence-electron chi connectivity index (χ3n) is 2.61. The number of nitrogens with zero attached hydrogens (tertiary/aromatic N) is 3. The Labute approximate surface area is 123 Å². The van der Waals surface area contributed by atoms with Crippen LogP contribution in [0, 0.1) is 22.7 Å². The molecule has 1 aromatic carbocycles. The summed E-state index contributed by atoms with van der Waals surface area (Å²) in [6.45, 7) is 2.50. The molecule has 0 saturated carbocycles. The van der Waals surface area contributed by atoms with Crippen molar-refractivity contribution in [3.63, 3.8) is 0 Å². The summed E-state index contributed by atoms with van der Waals surface area (Å²) in [4.78, 5) is 11.7. The Balaban J connectivity index is 2.54. The monoisotopic (exact) mass is 284 g/mol. The zero-order valence-corrected chi connectivity index (χ0v) is 11.8. The van der Waals surface area contributed by atoms with Gasteiger partial charge in [-0.05, 0) is 30.7 Å². The number of carbonyl (C=O) groups excluding carboxylic acids is 1. The van der Waals surface area contributed by atoms with Crippen molar-refractivity contribution >= 4 is 17.4 Å². The minimum Gasteiger partial charge on any atom is -0.462 e. The van der Waals surface area contributed by atoms with Crippen LogP contribution in [0.5, 0.6) is 0 Å². The van der Waals surface area contributed by atoms with E-state index in [0.717, 1.165) is 19.3 Å². The predicted molar refractivity (Wildman–Crippen MR) is 78.5 cm³/mol. The minimum atomic E-state index is -0.365. The molecule has 0 aliphatic rings. The lowest BCUT2D eigenvalue weighted by Gasteiger charge is -2.05. The van der Waals surface area contributed by atoms with Gasteiger partial charge in [-0.15, -0.1) is 0 Å². The summed E-state index contributed by atoms with van der Waals surface area (Å²) in [6, 6.07) is 9.71. The van der Waals surface area contributed by atoms with Gasteiger partial charge in [-0.3, -0.25) is 5.43 Å². The number of hydrazone groups is 1. The first-order valence-electron chi connectivity index (χ1n) is 6.62. The zero-order valence-electron chi connectivity index (χ0n) is 11.8. The zero-order chi connectivity index (χ0) is 15.5. The number of rotatable bonds is 7. The van der Waals surface area contributed by atoms with Gasteiger partial charge in [-0.25, -0.2) is 4.79 Å². The number of ether oxygens (including phenoxy) is 1. The van der Waals surface area contributed by atoms with E-state index in [4.69, 9.17) is 15.3 Å². The molecule has 0 heterocycles. The van der Waals surface area contributed by atoms with Crippen LogP contribution in [0.15, 0.2) is 29.4 Å². The smallest absolute Gasteiger partial charge is 0.338 e. The van der Waals surface area contributed by atoms with Gasteiger partial charge >= 0.3 is 5.97 Å². The summed E-state index contributed by atoms with van der Waals surface area (Å²) in [5, 5.41) is 20.7. The molecule has 6 nitrogen and oxygen atoms in total. The highest BCUT2D eigenvalue weighted by Crippen LogP contribution is 2.11. The SMILES string of the molecule is CCCCCOC(=O)c1ccc(NN=C(C#N)C#N)cc1. The lowest BCUT2D eigenvalue weighted by molar-refractivity contribution is 0.0498. The van der Waals surface area contributed by atoms with Crippen molar-refractivity contribution in [1.29, 1.82) is 10.5 Å². The Bertz CT molecular complexity index is 563. The van der Waals surface area contributed by atoms with Crippen LogP contribution >= 0.6 is 0 Å². The van der Waals surface area contributed by atoms with E-state index in [0.29, 0.717) is 17.9 Å². The first kappa shape index (κ1) is 16.2. The van der Waals surface area contributed by atoms with Crippen molar-refractivity contribution in [3.05, 3.63) is 29.8 Å². The van der Waals surface area contributed by atoms with Gasteiger partial charge in [-0.2, -0.15) is 15.6 Å². The van der Waals surface area contributed by atoms with Crippen molar-refractivity contribution in [2.45, 2.75) is 26.2 Å². The fraction of sp³-hybridized carbons (Fsp3) is 0.333. The molecule has 1 N–H and O–H groups in total. The highest BCUT2D eigenvalue weighted by atomic mass is 16.5. The predicted octanol–water partition coefficient (Wildman–Crippen LogP) is 2.85. The molecule has 0 saturated heterocycles. The summed E-state index contributed by atoms with van der Waals surface area (Å²) in [5.41, 5.74) is 3.31. The molecule has 6 heteroatoms. The molecule has 1 aromatic rings. The van der Waals surface area contributed by atoms with Gasteiger partial charge in [0.25, 0.3) is 0 Å². The minimum absolute atomic E-state index is 0.269. The molecule has 0 spiro atoms. The first-order chi connectivity index (χ1) is 10.2. The highest BCUT2D eigenvalue weighted by molar-refractivity contribution is 6.10. The Kier molecular flexibility index (Phi) is 7.02. The molecule has 108 valence electrons. The Morgan fingerprint density at radius 3 is 2.48 bits per heavy atom. The van der Waals surface area contributed by atoms with E-state index < -0.39 is 0 Å². The fourth-order valence-corrected chi connectivity index (χ4v) is 1.48. The van der Waals surface area contributed by atoms with Crippen LogP contribution in [0.25, 0.3) is 0 Å². The Morgan fingerprint density at radius 1 is 1.24 bits per heavy atom. The van der Waals surface area contributed by atoms with Crippen LogP contribution in [0.2, 0.25) is 0 Å². The topological polar surface area (TPSA) is 98.3 Å². The highest BCUT2D eigenvalue weighted by Gasteiger charge is 2.06. The maximum atomic E-state index is 11.7. The third kappa shape index (κ3) is 5.75. The average Bonchev–Trinajstić information content (AvgIpc) is 2.53. The summed E-state index contributed by atoms with van der Waals surface area (Å²) >= 11 is 0.